The van der Waals surface area contributed by atoms with Crippen molar-refractivity contribution in [3.8, 4) is 12.3 Å². The molecule has 1 heterocycles. The quantitative estimate of drug-likeness (QED) is 0.634. The molecule has 0 radical (unpaired) electrons. The SMILES string of the molecule is C#CCn1c(CCNCC)nc2cc(CC)ccc21. The van der Waals surface area contributed by atoms with Crippen LogP contribution in [0.15, 0.2) is 18.2 Å². The van der Waals surface area contributed by atoms with Gasteiger partial charge in [-0.3, -0.25) is 0 Å². The molecule has 19 heavy (non-hydrogen) atoms. The first kappa shape index (κ1) is 13.6. The van der Waals surface area contributed by atoms with Gasteiger partial charge in [0.25, 0.3) is 0 Å². The van der Waals surface area contributed by atoms with Crippen LogP contribution in [0.25, 0.3) is 11.0 Å². The molecule has 0 atom stereocenters. The molecule has 0 fully saturated rings. The molecule has 1 aromatic heterocycles. The molecule has 0 aliphatic carbocycles. The normalized spacial score (nSPS) is 10.8. The summed E-state index contributed by atoms with van der Waals surface area (Å²) in [7, 11) is 0. The molecule has 2 rings (SSSR count). The van der Waals surface area contributed by atoms with Crippen molar-refractivity contribution in [3.05, 3.63) is 29.6 Å². The molecular weight excluding hydrogens is 234 g/mol. The molecule has 0 unspecified atom stereocenters. The lowest BCUT2D eigenvalue weighted by Gasteiger charge is -2.05. The predicted octanol–water partition coefficient (Wildman–Crippen LogP) is 2.38. The van der Waals surface area contributed by atoms with Crippen LogP contribution in [0.2, 0.25) is 0 Å². The van der Waals surface area contributed by atoms with Crippen molar-refractivity contribution >= 4 is 11.0 Å². The van der Waals surface area contributed by atoms with Gasteiger partial charge in [0.05, 0.1) is 17.6 Å². The van der Waals surface area contributed by atoms with Crippen molar-refractivity contribution in [1.82, 2.24) is 14.9 Å². The number of likely N-dealkylation sites (N-methyl/N-ethyl adjacent to an activating group) is 1. The standard InChI is InChI=1S/C16H21N3/c1-4-11-19-15-8-7-13(5-2)12-14(15)18-16(19)9-10-17-6-3/h1,7-8,12,17H,5-6,9-11H2,2-3H3. The van der Waals surface area contributed by atoms with E-state index in [-0.39, 0.29) is 0 Å². The van der Waals surface area contributed by atoms with Gasteiger partial charge < -0.3 is 9.88 Å². The summed E-state index contributed by atoms with van der Waals surface area (Å²) in [6.07, 6.45) is 7.42. The number of benzene rings is 1. The summed E-state index contributed by atoms with van der Waals surface area (Å²) in [5.74, 6) is 3.80. The summed E-state index contributed by atoms with van der Waals surface area (Å²) in [6.45, 7) is 6.77. The molecule has 100 valence electrons. The number of nitrogens with one attached hydrogen (secondary N) is 1. The Labute approximate surface area is 115 Å². The van der Waals surface area contributed by atoms with Crippen LogP contribution >= 0.6 is 0 Å². The zero-order valence-corrected chi connectivity index (χ0v) is 11.7. The number of nitrogens with zero attached hydrogens (tertiary/aromatic N) is 2. The second-order valence-electron chi connectivity index (χ2n) is 4.60. The molecule has 2 aromatic rings. The third-order valence-electron chi connectivity index (χ3n) is 3.32. The van der Waals surface area contributed by atoms with Gasteiger partial charge in [0.2, 0.25) is 0 Å². The van der Waals surface area contributed by atoms with E-state index >= 15 is 0 Å². The van der Waals surface area contributed by atoms with Gasteiger partial charge in [-0.05, 0) is 30.7 Å². The van der Waals surface area contributed by atoms with Crippen molar-refractivity contribution in [2.75, 3.05) is 13.1 Å². The summed E-state index contributed by atoms with van der Waals surface area (Å²) in [4.78, 5) is 4.74. The van der Waals surface area contributed by atoms with Gasteiger partial charge in [-0.2, -0.15) is 0 Å². The average molecular weight is 255 g/mol. The Morgan fingerprint density at radius 3 is 2.89 bits per heavy atom. The van der Waals surface area contributed by atoms with Gasteiger partial charge in [0.1, 0.15) is 5.82 Å². The lowest BCUT2D eigenvalue weighted by Crippen LogP contribution is -2.18. The van der Waals surface area contributed by atoms with E-state index < -0.39 is 0 Å². The fraction of sp³-hybridized carbons (Fsp3) is 0.438. The maximum Gasteiger partial charge on any atom is 0.111 e. The van der Waals surface area contributed by atoms with E-state index in [1.807, 2.05) is 0 Å². The van der Waals surface area contributed by atoms with E-state index in [1.54, 1.807) is 0 Å². The molecule has 0 saturated heterocycles. The number of hydrogen-bond acceptors (Lipinski definition) is 2. The topological polar surface area (TPSA) is 29.9 Å². The smallest absolute Gasteiger partial charge is 0.111 e. The Morgan fingerprint density at radius 2 is 2.21 bits per heavy atom. The van der Waals surface area contributed by atoms with Crippen LogP contribution in [0.1, 0.15) is 25.2 Å². The second kappa shape index (κ2) is 6.40. The first-order valence-corrected chi connectivity index (χ1v) is 6.92. The van der Waals surface area contributed by atoms with Crippen LogP contribution in [0.4, 0.5) is 0 Å². The lowest BCUT2D eigenvalue weighted by molar-refractivity contribution is 0.671. The fourth-order valence-corrected chi connectivity index (χ4v) is 2.28. The number of terminal acetylenes is 1. The summed E-state index contributed by atoms with van der Waals surface area (Å²) in [6, 6.07) is 6.46. The molecule has 0 aliphatic heterocycles. The molecule has 0 spiro atoms. The highest BCUT2D eigenvalue weighted by molar-refractivity contribution is 5.77. The Bertz CT molecular complexity index is 590. The van der Waals surface area contributed by atoms with Crippen LogP contribution < -0.4 is 5.32 Å². The molecule has 0 aliphatic rings. The van der Waals surface area contributed by atoms with Gasteiger partial charge in [0, 0.05) is 13.0 Å². The molecule has 0 saturated carbocycles. The third-order valence-corrected chi connectivity index (χ3v) is 3.32. The van der Waals surface area contributed by atoms with E-state index in [2.05, 4.69) is 47.9 Å². The summed E-state index contributed by atoms with van der Waals surface area (Å²) in [5, 5.41) is 3.33. The molecule has 0 amide bonds. The highest BCUT2D eigenvalue weighted by Gasteiger charge is 2.09. The van der Waals surface area contributed by atoms with Crippen LogP contribution in [-0.4, -0.2) is 22.6 Å². The first-order chi connectivity index (χ1) is 9.30. The highest BCUT2D eigenvalue weighted by atomic mass is 15.1. The monoisotopic (exact) mass is 255 g/mol. The zero-order chi connectivity index (χ0) is 13.7. The number of aryl methyl sites for hydroxylation is 1. The third kappa shape index (κ3) is 2.97. The van der Waals surface area contributed by atoms with Crippen molar-refractivity contribution in [2.45, 2.75) is 33.2 Å². The Balaban J connectivity index is 2.38. The number of fused-ring (bicyclic) bond motifs is 1. The molecule has 1 aromatic carbocycles. The number of aromatic nitrogens is 2. The number of rotatable bonds is 6. The minimum Gasteiger partial charge on any atom is -0.317 e. The van der Waals surface area contributed by atoms with Crippen LogP contribution in [0, 0.1) is 12.3 Å². The van der Waals surface area contributed by atoms with Gasteiger partial charge >= 0.3 is 0 Å². The summed E-state index contributed by atoms with van der Waals surface area (Å²) < 4.78 is 2.14. The molecular formula is C16H21N3. The number of hydrogen-bond donors (Lipinski definition) is 1. The van der Waals surface area contributed by atoms with E-state index in [1.165, 1.54) is 5.56 Å². The van der Waals surface area contributed by atoms with Gasteiger partial charge in [-0.25, -0.2) is 4.98 Å². The fourth-order valence-electron chi connectivity index (χ4n) is 2.28. The average Bonchev–Trinajstić information content (AvgIpc) is 2.77. The maximum absolute atomic E-state index is 5.48. The minimum atomic E-state index is 0.587. The summed E-state index contributed by atoms with van der Waals surface area (Å²) in [5.41, 5.74) is 3.51. The van der Waals surface area contributed by atoms with Crippen molar-refractivity contribution in [1.29, 1.82) is 0 Å². The van der Waals surface area contributed by atoms with Crippen LogP contribution in [0.5, 0.6) is 0 Å². The van der Waals surface area contributed by atoms with E-state index in [0.29, 0.717) is 6.54 Å². The van der Waals surface area contributed by atoms with Gasteiger partial charge in [-0.15, -0.1) is 6.42 Å². The van der Waals surface area contributed by atoms with Crippen molar-refractivity contribution < 1.29 is 0 Å². The first-order valence-electron chi connectivity index (χ1n) is 6.92. The highest BCUT2D eigenvalue weighted by Crippen LogP contribution is 2.18. The van der Waals surface area contributed by atoms with E-state index in [0.717, 1.165) is 42.8 Å². The molecule has 3 heteroatoms. The predicted molar refractivity (Wildman–Crippen MR) is 80.2 cm³/mol. The lowest BCUT2D eigenvalue weighted by atomic mass is 10.1. The maximum atomic E-state index is 5.48. The second-order valence-corrected chi connectivity index (χ2v) is 4.60. The van der Waals surface area contributed by atoms with Gasteiger partial charge in [-0.1, -0.05) is 25.8 Å². The van der Waals surface area contributed by atoms with Crippen molar-refractivity contribution in [2.24, 2.45) is 0 Å². The van der Waals surface area contributed by atoms with E-state index in [4.69, 9.17) is 11.4 Å². The molecule has 0 bridgehead atoms. The molecule has 3 nitrogen and oxygen atoms in total. The Hall–Kier alpha value is -1.79. The summed E-state index contributed by atoms with van der Waals surface area (Å²) >= 11 is 0. The Morgan fingerprint density at radius 1 is 1.37 bits per heavy atom. The zero-order valence-electron chi connectivity index (χ0n) is 11.7. The minimum absolute atomic E-state index is 0.587. The van der Waals surface area contributed by atoms with Crippen LogP contribution in [0.3, 0.4) is 0 Å². The largest absolute Gasteiger partial charge is 0.317 e. The van der Waals surface area contributed by atoms with Gasteiger partial charge in [0.15, 0.2) is 0 Å². The van der Waals surface area contributed by atoms with Crippen molar-refractivity contribution in [3.63, 3.8) is 0 Å². The van der Waals surface area contributed by atoms with Crippen LogP contribution in [-0.2, 0) is 19.4 Å². The van der Waals surface area contributed by atoms with E-state index in [9.17, 15) is 0 Å². The molecule has 1 N–H and O–H groups in total. The Kier molecular flexibility index (Phi) is 4.59. The number of imidazole rings is 1.